The van der Waals surface area contributed by atoms with E-state index in [1.54, 1.807) is 24.3 Å². The molecule has 0 saturated heterocycles. The Morgan fingerprint density at radius 3 is 1.60 bits per heavy atom. The normalized spacial score (nSPS) is 10.6. The van der Waals surface area contributed by atoms with Gasteiger partial charge in [0.1, 0.15) is 0 Å². The number of benzene rings is 2. The summed E-state index contributed by atoms with van der Waals surface area (Å²) in [6, 6.07) is 6.51. The molecule has 0 aliphatic heterocycles. The van der Waals surface area contributed by atoms with E-state index in [4.69, 9.17) is 0 Å². The average molecular weight is 269 g/mol. The van der Waals surface area contributed by atoms with Crippen LogP contribution in [0.15, 0.2) is 24.3 Å². The zero-order valence-corrected chi connectivity index (χ0v) is 11.4. The molecule has 0 bridgehead atoms. The van der Waals surface area contributed by atoms with Crippen molar-refractivity contribution in [3.63, 3.8) is 0 Å². The molecule has 0 atom stereocenters. The molecule has 0 heterocycles. The zero-order chi connectivity index (χ0) is 15.0. The van der Waals surface area contributed by atoms with Gasteiger partial charge in [0.2, 0.25) is 0 Å². The third-order valence-corrected chi connectivity index (χ3v) is 3.22. The first kappa shape index (κ1) is 13.9. The fourth-order valence-corrected chi connectivity index (χ4v) is 2.46. The largest absolute Gasteiger partial charge is 0.294 e. The molecule has 0 fully saturated rings. The van der Waals surface area contributed by atoms with Crippen molar-refractivity contribution in [3.8, 4) is 5.75 Å². The smallest absolute Gasteiger partial charge is 0.197 e. The summed E-state index contributed by atoms with van der Waals surface area (Å²) in [7, 11) is 0. The van der Waals surface area contributed by atoms with Crippen LogP contribution in [0.5, 0.6) is 5.75 Å². The van der Waals surface area contributed by atoms with Crippen molar-refractivity contribution in [3.05, 3.63) is 41.0 Å². The molecule has 0 aliphatic rings. The molecule has 1 radical (unpaired) electrons. The number of carbonyl (C=O) groups excluding carboxylic acids is 3. The lowest BCUT2D eigenvalue weighted by Crippen LogP contribution is -2.12. The molecule has 101 valence electrons. The maximum absolute atomic E-state index is 12.4. The monoisotopic (exact) mass is 269 g/mol. The lowest BCUT2D eigenvalue weighted by Gasteiger charge is -2.13. The number of rotatable bonds is 3. The van der Waals surface area contributed by atoms with E-state index in [0.717, 1.165) is 0 Å². The number of ketones is 3. The second-order valence-corrected chi connectivity index (χ2v) is 4.67. The first-order valence-electron chi connectivity index (χ1n) is 6.14. The van der Waals surface area contributed by atoms with Crippen LogP contribution in [-0.4, -0.2) is 17.3 Å². The highest BCUT2D eigenvalue weighted by Gasteiger charge is 2.27. The van der Waals surface area contributed by atoms with E-state index in [-0.39, 0.29) is 27.9 Å². The summed E-state index contributed by atoms with van der Waals surface area (Å²) in [5.41, 5.74) is -0.104. The summed E-state index contributed by atoms with van der Waals surface area (Å²) in [6.45, 7) is 3.80. The predicted octanol–water partition coefficient (Wildman–Crippen LogP) is 3.59. The van der Waals surface area contributed by atoms with E-state index in [0.29, 0.717) is 5.39 Å². The highest BCUT2D eigenvalue weighted by atomic mass is 16.3. The molecule has 2 rings (SSSR count). The van der Waals surface area contributed by atoms with Crippen molar-refractivity contribution >= 4 is 28.1 Å². The van der Waals surface area contributed by atoms with E-state index in [9.17, 15) is 19.5 Å². The third-order valence-electron chi connectivity index (χ3n) is 3.22. The molecule has 4 heteroatoms. The van der Waals surface area contributed by atoms with Crippen LogP contribution in [0, 0.1) is 0 Å². The zero-order valence-electron chi connectivity index (χ0n) is 11.4. The fourth-order valence-electron chi connectivity index (χ4n) is 2.46. The van der Waals surface area contributed by atoms with Gasteiger partial charge < -0.3 is 0 Å². The third kappa shape index (κ3) is 1.99. The Bertz CT molecular complexity index is 757. The molecule has 0 amide bonds. The molecule has 0 unspecified atom stereocenters. The summed E-state index contributed by atoms with van der Waals surface area (Å²) in [5.74, 6) is -1.80. The minimum Gasteiger partial charge on any atom is -0.294 e. The van der Waals surface area contributed by atoms with Crippen molar-refractivity contribution < 1.29 is 19.5 Å². The van der Waals surface area contributed by atoms with Crippen LogP contribution in [0.2, 0.25) is 0 Å². The second kappa shape index (κ2) is 4.89. The summed E-state index contributed by atoms with van der Waals surface area (Å²) < 4.78 is 0. The van der Waals surface area contributed by atoms with Crippen molar-refractivity contribution in [2.24, 2.45) is 0 Å². The molecule has 0 N–H and O–H groups in total. The lowest BCUT2D eigenvalue weighted by atomic mass is 9.88. The minimum absolute atomic E-state index is 0.0614. The SMILES string of the molecule is CC(=O)c1c(C(C)=O)c(C(C)=O)c2ccccc2c1[O]. The van der Waals surface area contributed by atoms with Gasteiger partial charge in [-0.3, -0.25) is 19.5 Å². The van der Waals surface area contributed by atoms with Crippen LogP contribution in [0.1, 0.15) is 51.8 Å². The van der Waals surface area contributed by atoms with Crippen LogP contribution >= 0.6 is 0 Å². The number of hydrogen-bond donors (Lipinski definition) is 0. The molecule has 0 aliphatic carbocycles. The van der Waals surface area contributed by atoms with Crippen molar-refractivity contribution in [1.82, 2.24) is 0 Å². The van der Waals surface area contributed by atoms with Crippen LogP contribution in [0.4, 0.5) is 0 Å². The summed E-state index contributed by atoms with van der Waals surface area (Å²) in [5, 5.41) is 13.1. The first-order valence-corrected chi connectivity index (χ1v) is 6.14. The number of carbonyl (C=O) groups is 3. The first-order chi connectivity index (χ1) is 9.36. The molecule has 0 aromatic heterocycles. The summed E-state index contributed by atoms with van der Waals surface area (Å²) >= 11 is 0. The van der Waals surface area contributed by atoms with Crippen molar-refractivity contribution in [1.29, 1.82) is 0 Å². The van der Waals surface area contributed by atoms with Crippen LogP contribution in [-0.2, 0) is 5.11 Å². The summed E-state index contributed by atoms with van der Waals surface area (Å²) in [4.78, 5) is 35.5. The molecule has 0 spiro atoms. The Balaban J connectivity index is 3.15. The van der Waals surface area contributed by atoms with E-state index in [1.807, 2.05) is 0 Å². The number of hydrogen-bond acceptors (Lipinski definition) is 3. The second-order valence-electron chi connectivity index (χ2n) is 4.67. The summed E-state index contributed by atoms with van der Waals surface area (Å²) in [6.07, 6.45) is 0. The molecule has 2 aromatic rings. The van der Waals surface area contributed by atoms with Gasteiger partial charge in [-0.2, -0.15) is 0 Å². The van der Waals surface area contributed by atoms with Gasteiger partial charge in [0.25, 0.3) is 0 Å². The van der Waals surface area contributed by atoms with E-state index in [1.165, 1.54) is 20.8 Å². The quantitative estimate of drug-likeness (QED) is 0.799. The maximum Gasteiger partial charge on any atom is 0.197 e. The van der Waals surface area contributed by atoms with Crippen LogP contribution < -0.4 is 0 Å². The molecule has 20 heavy (non-hydrogen) atoms. The van der Waals surface area contributed by atoms with Gasteiger partial charge >= 0.3 is 0 Å². The Morgan fingerprint density at radius 2 is 1.15 bits per heavy atom. The Kier molecular flexibility index (Phi) is 3.40. The fraction of sp³-hybridized carbons (Fsp3) is 0.188. The highest BCUT2D eigenvalue weighted by Crippen LogP contribution is 2.36. The topological polar surface area (TPSA) is 71.1 Å². The van der Waals surface area contributed by atoms with Gasteiger partial charge in [0, 0.05) is 16.5 Å². The van der Waals surface area contributed by atoms with Crippen molar-refractivity contribution in [2.45, 2.75) is 20.8 Å². The average Bonchev–Trinajstić information content (AvgIpc) is 2.37. The number of Topliss-reactive ketones (excluding diaryl/α,β-unsaturated/α-hetero) is 3. The van der Waals surface area contributed by atoms with E-state index in [2.05, 4.69) is 0 Å². The number of fused-ring (bicyclic) bond motifs is 1. The Labute approximate surface area is 116 Å². The van der Waals surface area contributed by atoms with Gasteiger partial charge in [-0.15, -0.1) is 0 Å². The standard InChI is InChI=1S/C16H13O4/c1-8(17)13-11-6-4-5-7-12(11)16(20)15(10(3)19)14(13)9(2)18/h4-7H,1-3H3. The molecule has 4 nitrogen and oxygen atoms in total. The lowest BCUT2D eigenvalue weighted by molar-refractivity contribution is 0.0966. The van der Waals surface area contributed by atoms with Crippen LogP contribution in [0.25, 0.3) is 10.8 Å². The van der Waals surface area contributed by atoms with Gasteiger partial charge in [0.05, 0.1) is 5.56 Å². The molecule has 2 aromatic carbocycles. The minimum atomic E-state index is -0.506. The Morgan fingerprint density at radius 1 is 0.700 bits per heavy atom. The Hall–Kier alpha value is -2.49. The van der Waals surface area contributed by atoms with Crippen LogP contribution in [0.3, 0.4) is 0 Å². The van der Waals surface area contributed by atoms with Gasteiger partial charge in [0.15, 0.2) is 23.1 Å². The van der Waals surface area contributed by atoms with E-state index >= 15 is 0 Å². The molecule has 0 saturated carbocycles. The van der Waals surface area contributed by atoms with Crippen molar-refractivity contribution in [2.75, 3.05) is 0 Å². The highest BCUT2D eigenvalue weighted by molar-refractivity contribution is 6.22. The predicted molar refractivity (Wildman–Crippen MR) is 74.1 cm³/mol. The molecular weight excluding hydrogens is 256 g/mol. The van der Waals surface area contributed by atoms with Gasteiger partial charge in [-0.05, 0) is 26.2 Å². The van der Waals surface area contributed by atoms with Gasteiger partial charge in [-0.1, -0.05) is 24.3 Å². The maximum atomic E-state index is 12.4. The van der Waals surface area contributed by atoms with E-state index < -0.39 is 17.3 Å². The molecular formula is C16H13O4. The van der Waals surface area contributed by atoms with Gasteiger partial charge in [-0.25, -0.2) is 0 Å².